The van der Waals surface area contributed by atoms with Crippen molar-refractivity contribution in [2.75, 3.05) is 0 Å². The van der Waals surface area contributed by atoms with Crippen LogP contribution in [0.4, 0.5) is 5.69 Å². The molecule has 4 rings (SSSR count). The Bertz CT molecular complexity index is 1240. The Labute approximate surface area is 187 Å². The van der Waals surface area contributed by atoms with Crippen LogP contribution in [0.15, 0.2) is 78.6 Å². The molecule has 2 aromatic carbocycles. The van der Waals surface area contributed by atoms with Crippen LogP contribution in [0.3, 0.4) is 0 Å². The van der Waals surface area contributed by atoms with E-state index in [-0.39, 0.29) is 23.4 Å². The number of nitro groups is 1. The smallest absolute Gasteiger partial charge is 0.295 e. The summed E-state index contributed by atoms with van der Waals surface area (Å²) < 4.78 is 0. The van der Waals surface area contributed by atoms with E-state index in [0.29, 0.717) is 10.6 Å². The van der Waals surface area contributed by atoms with E-state index in [1.54, 1.807) is 48.8 Å². The van der Waals surface area contributed by atoms with Gasteiger partial charge in [0, 0.05) is 41.7 Å². The number of aromatic nitrogens is 1. The van der Waals surface area contributed by atoms with E-state index in [0.717, 1.165) is 11.6 Å². The molecule has 1 saturated heterocycles. The normalized spacial score (nSPS) is 17.5. The second kappa shape index (κ2) is 8.60. The first kappa shape index (κ1) is 21.2. The fraction of sp³-hybridized carbons (Fsp3) is 0.0870. The highest BCUT2D eigenvalue weighted by atomic mass is 35.5. The van der Waals surface area contributed by atoms with Crippen molar-refractivity contribution in [1.82, 2.24) is 9.88 Å². The molecule has 9 heteroatoms. The van der Waals surface area contributed by atoms with Gasteiger partial charge in [-0.2, -0.15) is 0 Å². The molecule has 0 bridgehead atoms. The molecule has 1 amide bonds. The average Bonchev–Trinajstić information content (AvgIpc) is 3.05. The third kappa shape index (κ3) is 3.95. The van der Waals surface area contributed by atoms with Gasteiger partial charge in [-0.25, -0.2) is 0 Å². The minimum atomic E-state index is -0.903. The largest absolute Gasteiger partial charge is 0.507 e. The van der Waals surface area contributed by atoms with Gasteiger partial charge in [-0.15, -0.1) is 0 Å². The molecule has 1 aliphatic rings. The Balaban J connectivity index is 1.87. The molecule has 1 fully saturated rings. The highest BCUT2D eigenvalue weighted by Crippen LogP contribution is 2.40. The predicted molar refractivity (Wildman–Crippen MR) is 117 cm³/mol. The van der Waals surface area contributed by atoms with E-state index in [4.69, 9.17) is 11.6 Å². The summed E-state index contributed by atoms with van der Waals surface area (Å²) in [6.07, 6.45) is 3.15. The third-order valence-corrected chi connectivity index (χ3v) is 5.41. The van der Waals surface area contributed by atoms with Crippen LogP contribution >= 0.6 is 11.6 Å². The Kier molecular flexibility index (Phi) is 5.70. The second-order valence-electron chi connectivity index (χ2n) is 7.14. The molecule has 1 N–H and O–H groups in total. The van der Waals surface area contributed by atoms with Crippen LogP contribution in [-0.2, 0) is 16.1 Å². The topological polar surface area (TPSA) is 114 Å². The molecule has 1 aromatic heterocycles. The van der Waals surface area contributed by atoms with Crippen LogP contribution in [0, 0.1) is 10.1 Å². The van der Waals surface area contributed by atoms with E-state index in [9.17, 15) is 24.8 Å². The molecule has 0 aliphatic carbocycles. The van der Waals surface area contributed by atoms with Gasteiger partial charge in [-0.3, -0.25) is 24.7 Å². The Morgan fingerprint density at radius 3 is 2.44 bits per heavy atom. The number of aliphatic hydroxyl groups excluding tert-OH is 1. The van der Waals surface area contributed by atoms with Crippen LogP contribution in [-0.4, -0.2) is 31.6 Å². The van der Waals surface area contributed by atoms with Gasteiger partial charge in [0.2, 0.25) is 0 Å². The number of nitrogens with zero attached hydrogens (tertiary/aromatic N) is 3. The number of pyridine rings is 1. The molecule has 3 aromatic rings. The van der Waals surface area contributed by atoms with Crippen LogP contribution in [0.2, 0.25) is 5.02 Å². The summed E-state index contributed by atoms with van der Waals surface area (Å²) in [4.78, 5) is 41.8. The Hall–Kier alpha value is -4.04. The SMILES string of the molecule is O=C1C(=O)N(Cc2ccncc2)C(c2ccc(Cl)cc2)/C1=C(/O)c1cccc([N+](=O)[O-])c1. The lowest BCUT2D eigenvalue weighted by molar-refractivity contribution is -0.384. The number of benzene rings is 2. The van der Waals surface area contributed by atoms with Gasteiger partial charge < -0.3 is 10.0 Å². The number of likely N-dealkylation sites (tertiary alicyclic amines) is 1. The van der Waals surface area contributed by atoms with Crippen molar-refractivity contribution in [1.29, 1.82) is 0 Å². The quantitative estimate of drug-likeness (QED) is 0.204. The number of hydrogen-bond acceptors (Lipinski definition) is 6. The molecule has 1 unspecified atom stereocenters. The van der Waals surface area contributed by atoms with Gasteiger partial charge in [-0.05, 0) is 35.4 Å². The summed E-state index contributed by atoms with van der Waals surface area (Å²) in [7, 11) is 0. The van der Waals surface area contributed by atoms with E-state index in [2.05, 4.69) is 4.98 Å². The van der Waals surface area contributed by atoms with Gasteiger partial charge in [-0.1, -0.05) is 35.9 Å². The van der Waals surface area contributed by atoms with Crippen molar-refractivity contribution in [3.8, 4) is 0 Å². The number of nitro benzene ring substituents is 1. The van der Waals surface area contributed by atoms with Crippen LogP contribution < -0.4 is 0 Å². The fourth-order valence-electron chi connectivity index (χ4n) is 3.64. The summed E-state index contributed by atoms with van der Waals surface area (Å²) in [5.41, 5.74) is 0.987. The number of aliphatic hydroxyl groups is 1. The molecular formula is C23H16ClN3O5. The number of Topliss-reactive ketones (excluding diaryl/α,β-unsaturated/α-hetero) is 1. The summed E-state index contributed by atoms with van der Waals surface area (Å²) >= 11 is 6.00. The maximum Gasteiger partial charge on any atom is 0.295 e. The summed E-state index contributed by atoms with van der Waals surface area (Å²) in [5, 5.41) is 22.6. The zero-order valence-corrected chi connectivity index (χ0v) is 17.3. The molecule has 160 valence electrons. The lowest BCUT2D eigenvalue weighted by Gasteiger charge is -2.25. The molecular weight excluding hydrogens is 434 g/mol. The van der Waals surface area contributed by atoms with Crippen molar-refractivity contribution >= 4 is 34.7 Å². The van der Waals surface area contributed by atoms with E-state index >= 15 is 0 Å². The summed E-state index contributed by atoms with van der Waals surface area (Å²) in [5.74, 6) is -2.14. The number of non-ortho nitro benzene ring substituents is 1. The number of rotatable bonds is 5. The van der Waals surface area contributed by atoms with E-state index in [1.807, 2.05) is 0 Å². The minimum Gasteiger partial charge on any atom is -0.507 e. The zero-order valence-electron chi connectivity index (χ0n) is 16.5. The molecule has 2 heterocycles. The molecule has 8 nitrogen and oxygen atoms in total. The Morgan fingerprint density at radius 1 is 1.09 bits per heavy atom. The maximum absolute atomic E-state index is 13.0. The number of hydrogen-bond donors (Lipinski definition) is 1. The maximum atomic E-state index is 13.0. The molecule has 1 aliphatic heterocycles. The van der Waals surface area contributed by atoms with Crippen molar-refractivity contribution in [3.63, 3.8) is 0 Å². The first-order valence-corrected chi connectivity index (χ1v) is 9.92. The predicted octanol–water partition coefficient (Wildman–Crippen LogP) is 4.27. The van der Waals surface area contributed by atoms with Crippen molar-refractivity contribution in [2.45, 2.75) is 12.6 Å². The first-order chi connectivity index (χ1) is 15.4. The van der Waals surface area contributed by atoms with E-state index < -0.39 is 28.4 Å². The van der Waals surface area contributed by atoms with Crippen molar-refractivity contribution in [2.24, 2.45) is 0 Å². The summed E-state index contributed by atoms with van der Waals surface area (Å²) in [6, 6.07) is 14.4. The minimum absolute atomic E-state index is 0.0695. The van der Waals surface area contributed by atoms with Crippen LogP contribution in [0.5, 0.6) is 0 Å². The fourth-order valence-corrected chi connectivity index (χ4v) is 3.77. The highest BCUT2D eigenvalue weighted by molar-refractivity contribution is 6.46. The van der Waals surface area contributed by atoms with Gasteiger partial charge in [0.1, 0.15) is 5.76 Å². The molecule has 0 radical (unpaired) electrons. The van der Waals surface area contributed by atoms with Crippen LogP contribution in [0.1, 0.15) is 22.7 Å². The number of carbonyl (C=O) groups excluding carboxylic acids is 2. The highest BCUT2D eigenvalue weighted by Gasteiger charge is 2.46. The molecule has 0 spiro atoms. The Morgan fingerprint density at radius 2 is 1.78 bits per heavy atom. The van der Waals surface area contributed by atoms with Gasteiger partial charge in [0.15, 0.2) is 0 Å². The second-order valence-corrected chi connectivity index (χ2v) is 7.58. The van der Waals surface area contributed by atoms with Crippen molar-refractivity contribution < 1.29 is 19.6 Å². The number of ketones is 1. The summed E-state index contributed by atoms with van der Waals surface area (Å²) in [6.45, 7) is 0.103. The molecule has 32 heavy (non-hydrogen) atoms. The first-order valence-electron chi connectivity index (χ1n) is 9.54. The van der Waals surface area contributed by atoms with Crippen LogP contribution in [0.25, 0.3) is 5.76 Å². The standard InChI is InChI=1S/C23H16ClN3O5/c24-17-6-4-15(5-7-17)20-19(21(28)16-2-1-3-18(12-16)27(31)32)22(29)23(30)26(20)13-14-8-10-25-11-9-14/h1-12,20,28H,13H2/b21-19-. The van der Waals surface area contributed by atoms with Gasteiger partial charge >= 0.3 is 0 Å². The third-order valence-electron chi connectivity index (χ3n) is 5.16. The molecule has 0 saturated carbocycles. The van der Waals surface area contributed by atoms with Gasteiger partial charge in [0.05, 0.1) is 16.5 Å². The lowest BCUT2D eigenvalue weighted by Crippen LogP contribution is -2.29. The number of carbonyl (C=O) groups is 2. The molecule has 1 atom stereocenters. The van der Waals surface area contributed by atoms with Crippen molar-refractivity contribution in [3.05, 3.63) is 110 Å². The van der Waals surface area contributed by atoms with E-state index in [1.165, 1.54) is 23.1 Å². The zero-order chi connectivity index (χ0) is 22.8. The average molecular weight is 450 g/mol. The number of halogens is 1. The van der Waals surface area contributed by atoms with Gasteiger partial charge in [0.25, 0.3) is 17.4 Å². The number of amides is 1. The monoisotopic (exact) mass is 449 g/mol. The lowest BCUT2D eigenvalue weighted by atomic mass is 9.95.